The summed E-state index contributed by atoms with van der Waals surface area (Å²) in [6, 6.07) is 0. The number of amides is 2. The van der Waals surface area contributed by atoms with Crippen LogP contribution in [0.2, 0.25) is 0 Å². The van der Waals surface area contributed by atoms with Gasteiger partial charge in [-0.15, -0.1) is 0 Å². The van der Waals surface area contributed by atoms with Gasteiger partial charge in [0.1, 0.15) is 6.10 Å². The number of allylic oxidation sites excluding steroid dienone is 4. The lowest BCUT2D eigenvalue weighted by Crippen LogP contribution is -2.37. The van der Waals surface area contributed by atoms with Gasteiger partial charge in [0.2, 0.25) is 11.6 Å². The number of ketones is 2. The first-order chi connectivity index (χ1) is 19.7. The van der Waals surface area contributed by atoms with Gasteiger partial charge < -0.3 is 35.8 Å². The van der Waals surface area contributed by atoms with E-state index in [0.29, 0.717) is 43.5 Å². The Bertz CT molecular complexity index is 1180. The number of hydrogen-bond acceptors (Lipinski definition) is 9. The highest BCUT2D eigenvalue weighted by Crippen LogP contribution is 2.27. The fourth-order valence-corrected chi connectivity index (χ4v) is 4.82. The van der Waals surface area contributed by atoms with Crippen molar-refractivity contribution in [3.63, 3.8) is 0 Å². The molecule has 0 saturated carbocycles. The molecule has 2 amide bonds. The van der Waals surface area contributed by atoms with E-state index in [1.807, 2.05) is 38.9 Å². The summed E-state index contributed by atoms with van der Waals surface area (Å²) in [7, 11) is 5.27. The third-order valence-corrected chi connectivity index (χ3v) is 7.36. The summed E-state index contributed by atoms with van der Waals surface area (Å²) < 4.78 is 10.9. The van der Waals surface area contributed by atoms with Crippen molar-refractivity contribution in [1.29, 1.82) is 0 Å². The molecule has 42 heavy (non-hydrogen) atoms. The fourth-order valence-electron chi connectivity index (χ4n) is 4.82. The monoisotopic (exact) mass is 586 g/mol. The van der Waals surface area contributed by atoms with E-state index >= 15 is 0 Å². The van der Waals surface area contributed by atoms with Crippen LogP contribution in [0.25, 0.3) is 0 Å². The Morgan fingerprint density at radius 2 is 1.88 bits per heavy atom. The van der Waals surface area contributed by atoms with Crippen molar-refractivity contribution >= 4 is 23.6 Å². The maximum atomic E-state index is 13.6. The molecule has 0 unspecified atom stereocenters. The van der Waals surface area contributed by atoms with E-state index in [1.165, 1.54) is 13.2 Å². The molecule has 5 atom stereocenters. The molecular formula is C31H46N4O7. The maximum absolute atomic E-state index is 13.6. The first-order valence-electron chi connectivity index (χ1n) is 14.2. The van der Waals surface area contributed by atoms with Gasteiger partial charge in [0, 0.05) is 43.3 Å². The van der Waals surface area contributed by atoms with Crippen molar-refractivity contribution in [2.24, 2.45) is 17.6 Å². The standard InChI is InChI=1S/C31H46N4O7/c1-18-11-12-24(36)20(3)16-21(4)29(42-31(32)40)26(41-7)10-8-9-19(2)30(39)34-23-17-25(37)27(22(15-18)28(23)38)33-13-14-35(5)6/h8-10,16-18,20,24,26,29,33,36H,11-15H2,1-7H3,(H2,32,40)(H,34,39)/b10-8-,19-9+,21-16+/t18-,20-,24-,26-,29-/m0/s1. The predicted molar refractivity (Wildman–Crippen MR) is 160 cm³/mol. The summed E-state index contributed by atoms with van der Waals surface area (Å²) in [5, 5.41) is 16.7. The lowest BCUT2D eigenvalue weighted by Gasteiger charge is -2.26. The van der Waals surface area contributed by atoms with Gasteiger partial charge in [0.05, 0.1) is 17.5 Å². The number of nitrogens with two attached hydrogens (primary N) is 1. The Morgan fingerprint density at radius 3 is 2.50 bits per heavy atom. The number of hydrogen-bond donors (Lipinski definition) is 4. The van der Waals surface area contributed by atoms with Crippen molar-refractivity contribution in [3.8, 4) is 0 Å². The second-order valence-electron chi connectivity index (χ2n) is 11.3. The van der Waals surface area contributed by atoms with Gasteiger partial charge in [0.25, 0.3) is 5.91 Å². The minimum atomic E-state index is -0.974. The Morgan fingerprint density at radius 1 is 1.19 bits per heavy atom. The van der Waals surface area contributed by atoms with Crippen LogP contribution in [-0.4, -0.2) is 86.2 Å². The Kier molecular flexibility index (Phi) is 13.4. The van der Waals surface area contributed by atoms with Gasteiger partial charge in [-0.3, -0.25) is 14.4 Å². The van der Waals surface area contributed by atoms with Crippen molar-refractivity contribution in [3.05, 3.63) is 58.5 Å². The largest absolute Gasteiger partial charge is 0.439 e. The molecule has 0 aromatic rings. The van der Waals surface area contributed by atoms with Gasteiger partial charge in [-0.25, -0.2) is 4.79 Å². The summed E-state index contributed by atoms with van der Waals surface area (Å²) in [5.41, 5.74) is 6.72. The van der Waals surface area contributed by atoms with Gasteiger partial charge in [-0.1, -0.05) is 38.2 Å². The number of ether oxygens (including phenoxy) is 2. The highest BCUT2D eigenvalue weighted by Gasteiger charge is 2.31. The number of primary amides is 1. The number of likely N-dealkylation sites (N-methyl/N-ethyl adjacent to an activating group) is 1. The van der Waals surface area contributed by atoms with Gasteiger partial charge in [-0.05, 0) is 58.7 Å². The van der Waals surface area contributed by atoms with Crippen LogP contribution in [0.4, 0.5) is 4.79 Å². The molecule has 1 heterocycles. The van der Waals surface area contributed by atoms with Crippen LogP contribution in [0.3, 0.4) is 0 Å². The number of rotatable bonds is 6. The third kappa shape index (κ3) is 10.1. The maximum Gasteiger partial charge on any atom is 0.405 e. The molecule has 11 nitrogen and oxygen atoms in total. The van der Waals surface area contributed by atoms with E-state index < -0.39 is 36.1 Å². The average Bonchev–Trinajstić information content (AvgIpc) is 2.91. The lowest BCUT2D eigenvalue weighted by molar-refractivity contribution is -0.120. The molecule has 0 fully saturated rings. The summed E-state index contributed by atoms with van der Waals surface area (Å²) in [6.07, 6.45) is 5.69. The fraction of sp³-hybridized carbons (Fsp3) is 0.548. The van der Waals surface area contributed by atoms with Crippen LogP contribution in [-0.2, 0) is 23.9 Å². The van der Waals surface area contributed by atoms with Crippen LogP contribution in [0.5, 0.6) is 0 Å². The highest BCUT2D eigenvalue weighted by atomic mass is 16.6. The van der Waals surface area contributed by atoms with Crippen LogP contribution >= 0.6 is 0 Å². The Labute approximate surface area is 248 Å². The molecule has 0 aromatic carbocycles. The quantitative estimate of drug-likeness (QED) is 0.270. The average molecular weight is 587 g/mol. The number of aliphatic hydroxyl groups is 1. The zero-order valence-electron chi connectivity index (χ0n) is 25.7. The molecule has 1 aliphatic carbocycles. The minimum Gasteiger partial charge on any atom is -0.439 e. The number of methoxy groups -OCH3 is 1. The van der Waals surface area contributed by atoms with Crippen molar-refractivity contribution < 1.29 is 33.8 Å². The second-order valence-corrected chi connectivity index (χ2v) is 11.3. The molecular weight excluding hydrogens is 540 g/mol. The van der Waals surface area contributed by atoms with Crippen molar-refractivity contribution in [1.82, 2.24) is 15.5 Å². The van der Waals surface area contributed by atoms with E-state index in [2.05, 4.69) is 10.6 Å². The summed E-state index contributed by atoms with van der Waals surface area (Å²) in [5.74, 6) is -1.69. The normalized spacial score (nSPS) is 30.1. The lowest BCUT2D eigenvalue weighted by atomic mass is 9.86. The first kappa shape index (κ1) is 34.7. The third-order valence-electron chi connectivity index (χ3n) is 7.36. The minimum absolute atomic E-state index is 0.0545. The molecule has 0 aromatic heterocycles. The Hall–Kier alpha value is -3.54. The van der Waals surface area contributed by atoms with E-state index in [0.717, 1.165) is 6.08 Å². The van der Waals surface area contributed by atoms with Crippen molar-refractivity contribution in [2.45, 2.75) is 65.3 Å². The smallest absolute Gasteiger partial charge is 0.405 e. The van der Waals surface area contributed by atoms with Gasteiger partial charge >= 0.3 is 6.09 Å². The van der Waals surface area contributed by atoms with E-state index in [-0.39, 0.29) is 34.6 Å². The molecule has 5 N–H and O–H groups in total. The summed E-state index contributed by atoms with van der Waals surface area (Å²) in [4.78, 5) is 53.3. The number of carbonyl (C=O) groups excluding carboxylic acids is 4. The van der Waals surface area contributed by atoms with E-state index in [9.17, 15) is 24.3 Å². The molecule has 2 aliphatic rings. The zero-order chi connectivity index (χ0) is 31.6. The van der Waals surface area contributed by atoms with Crippen molar-refractivity contribution in [2.75, 3.05) is 34.3 Å². The molecule has 0 saturated heterocycles. The number of nitrogens with zero attached hydrogens (tertiary/aromatic N) is 1. The number of fused-ring (bicyclic) bond motifs is 2. The molecule has 232 valence electrons. The molecule has 0 spiro atoms. The van der Waals surface area contributed by atoms with Crippen LogP contribution < -0.4 is 16.4 Å². The number of aliphatic hydroxyl groups excluding tert-OH is 1. The topological polar surface area (TPSA) is 160 Å². The molecule has 1 aliphatic heterocycles. The van der Waals surface area contributed by atoms with E-state index in [4.69, 9.17) is 15.2 Å². The zero-order valence-corrected chi connectivity index (χ0v) is 25.7. The Balaban J connectivity index is 2.51. The SMILES string of the molecule is CO[C@H]1/C=C\C=C(/C)C(=O)NC2=CC(=O)C(NCCN(C)C)=C(C[C@@H](C)CC[C@H](O)[C@@H](C)/C=C(\C)[C@@H]1OC(N)=O)C2=O. The number of Topliss-reactive ketones (excluding diaryl/α,β-unsaturated/α-hetero) is 1. The molecule has 2 rings (SSSR count). The molecule has 2 bridgehead atoms. The summed E-state index contributed by atoms with van der Waals surface area (Å²) in [6.45, 7) is 8.28. The molecule has 11 heteroatoms. The second kappa shape index (κ2) is 16.2. The first-order valence-corrected chi connectivity index (χ1v) is 14.2. The van der Waals surface area contributed by atoms with E-state index in [1.54, 1.807) is 26.0 Å². The van der Waals surface area contributed by atoms with Gasteiger partial charge in [0.15, 0.2) is 6.10 Å². The number of nitrogens with one attached hydrogen (secondary N) is 2. The molecule has 0 radical (unpaired) electrons. The van der Waals surface area contributed by atoms with Crippen LogP contribution in [0, 0.1) is 11.8 Å². The highest BCUT2D eigenvalue weighted by molar-refractivity contribution is 6.23. The predicted octanol–water partition coefficient (Wildman–Crippen LogP) is 2.29. The number of carbonyl (C=O) groups is 4. The van der Waals surface area contributed by atoms with Gasteiger partial charge in [-0.2, -0.15) is 0 Å². The summed E-state index contributed by atoms with van der Waals surface area (Å²) >= 11 is 0. The van der Waals surface area contributed by atoms with Crippen LogP contribution in [0.15, 0.2) is 58.5 Å². The van der Waals surface area contributed by atoms with Crippen LogP contribution in [0.1, 0.15) is 47.0 Å².